The second-order valence-corrected chi connectivity index (χ2v) is 4.02. The molecule has 0 aliphatic heterocycles. The summed E-state index contributed by atoms with van der Waals surface area (Å²) in [6, 6.07) is 5.19. The molecule has 0 saturated carbocycles. The normalized spacial score (nSPS) is 10.3. The SMILES string of the molecule is COC(=O)c1cc(N(C)CCOCCO)ccc1N. The van der Waals surface area contributed by atoms with Crippen molar-refractivity contribution in [2.24, 2.45) is 0 Å². The molecule has 0 aliphatic rings. The standard InChI is InChI=1S/C13H20N2O4/c1-15(5-7-19-8-6-16)10-3-4-12(14)11(9-10)13(17)18-2/h3-4,9,16H,5-8,14H2,1-2H3. The zero-order valence-electron chi connectivity index (χ0n) is 11.3. The summed E-state index contributed by atoms with van der Waals surface area (Å²) in [4.78, 5) is 13.5. The molecule has 0 radical (unpaired) electrons. The van der Waals surface area contributed by atoms with E-state index in [1.165, 1.54) is 7.11 Å². The maximum Gasteiger partial charge on any atom is 0.340 e. The number of likely N-dealkylation sites (N-methyl/N-ethyl adjacent to an activating group) is 1. The third-order valence-corrected chi connectivity index (χ3v) is 2.69. The van der Waals surface area contributed by atoms with Crippen LogP contribution in [0.2, 0.25) is 0 Å². The smallest absolute Gasteiger partial charge is 0.340 e. The van der Waals surface area contributed by atoms with Crippen LogP contribution in [0.15, 0.2) is 18.2 Å². The number of carbonyl (C=O) groups is 1. The lowest BCUT2D eigenvalue weighted by atomic mass is 10.1. The number of nitrogen functional groups attached to an aromatic ring is 1. The van der Waals surface area contributed by atoms with Gasteiger partial charge in [-0.1, -0.05) is 0 Å². The molecule has 1 rings (SSSR count). The fourth-order valence-electron chi connectivity index (χ4n) is 1.57. The molecular weight excluding hydrogens is 248 g/mol. The van der Waals surface area contributed by atoms with Gasteiger partial charge in [-0.25, -0.2) is 4.79 Å². The highest BCUT2D eigenvalue weighted by Crippen LogP contribution is 2.21. The Kier molecular flexibility index (Phi) is 6.11. The molecule has 0 atom stereocenters. The molecule has 0 fully saturated rings. The molecule has 0 amide bonds. The number of aliphatic hydroxyl groups excluding tert-OH is 1. The zero-order chi connectivity index (χ0) is 14.3. The highest BCUT2D eigenvalue weighted by Gasteiger charge is 2.12. The lowest BCUT2D eigenvalue weighted by Gasteiger charge is -2.20. The molecule has 0 spiro atoms. The molecular formula is C13H20N2O4. The van der Waals surface area contributed by atoms with Crippen molar-refractivity contribution in [3.8, 4) is 0 Å². The summed E-state index contributed by atoms with van der Waals surface area (Å²) in [5.41, 5.74) is 7.32. The van der Waals surface area contributed by atoms with Gasteiger partial charge in [0.15, 0.2) is 0 Å². The Balaban J connectivity index is 2.69. The first-order chi connectivity index (χ1) is 9.10. The molecule has 0 aliphatic carbocycles. The number of methoxy groups -OCH3 is 1. The topological polar surface area (TPSA) is 85.0 Å². The number of hydrogen-bond acceptors (Lipinski definition) is 6. The van der Waals surface area contributed by atoms with Crippen molar-refractivity contribution in [3.05, 3.63) is 23.8 Å². The van der Waals surface area contributed by atoms with Crippen LogP contribution < -0.4 is 10.6 Å². The van der Waals surface area contributed by atoms with Gasteiger partial charge in [0, 0.05) is 25.0 Å². The van der Waals surface area contributed by atoms with Crippen LogP contribution in [0.1, 0.15) is 10.4 Å². The van der Waals surface area contributed by atoms with Crippen molar-refractivity contribution in [2.45, 2.75) is 0 Å². The summed E-state index contributed by atoms with van der Waals surface area (Å²) in [5.74, 6) is -0.454. The van der Waals surface area contributed by atoms with E-state index in [1.807, 2.05) is 18.0 Å². The van der Waals surface area contributed by atoms with E-state index >= 15 is 0 Å². The van der Waals surface area contributed by atoms with Crippen molar-refractivity contribution in [3.63, 3.8) is 0 Å². The Morgan fingerprint density at radius 2 is 2.16 bits per heavy atom. The van der Waals surface area contributed by atoms with Crippen molar-refractivity contribution in [1.29, 1.82) is 0 Å². The molecule has 0 unspecified atom stereocenters. The van der Waals surface area contributed by atoms with E-state index in [4.69, 9.17) is 15.6 Å². The number of benzene rings is 1. The molecule has 1 aromatic carbocycles. The second kappa shape index (κ2) is 7.60. The van der Waals surface area contributed by atoms with Gasteiger partial charge in [-0.15, -0.1) is 0 Å². The molecule has 0 bridgehead atoms. The predicted octanol–water partition coefficient (Wildman–Crippen LogP) is 0.500. The molecule has 6 heteroatoms. The molecule has 6 nitrogen and oxygen atoms in total. The lowest BCUT2D eigenvalue weighted by molar-refractivity contribution is 0.0602. The first-order valence-corrected chi connectivity index (χ1v) is 5.97. The number of ether oxygens (including phenoxy) is 2. The number of anilines is 2. The summed E-state index contributed by atoms with van der Waals surface area (Å²) in [6.45, 7) is 1.47. The molecule has 0 aromatic heterocycles. The van der Waals surface area contributed by atoms with E-state index in [0.29, 0.717) is 31.0 Å². The molecule has 1 aromatic rings. The van der Waals surface area contributed by atoms with E-state index in [0.717, 1.165) is 5.69 Å². The third kappa shape index (κ3) is 4.42. The number of hydrogen-bond donors (Lipinski definition) is 2. The van der Waals surface area contributed by atoms with Crippen LogP contribution in [0.4, 0.5) is 11.4 Å². The largest absolute Gasteiger partial charge is 0.465 e. The van der Waals surface area contributed by atoms with Gasteiger partial charge in [0.2, 0.25) is 0 Å². The van der Waals surface area contributed by atoms with Gasteiger partial charge in [0.25, 0.3) is 0 Å². The van der Waals surface area contributed by atoms with Crippen molar-refractivity contribution < 1.29 is 19.4 Å². The van der Waals surface area contributed by atoms with Gasteiger partial charge in [0.05, 0.1) is 32.5 Å². The number of rotatable bonds is 7. The zero-order valence-corrected chi connectivity index (χ0v) is 11.3. The number of nitrogens with zero attached hydrogens (tertiary/aromatic N) is 1. The van der Waals surface area contributed by atoms with Crippen molar-refractivity contribution in [1.82, 2.24) is 0 Å². The van der Waals surface area contributed by atoms with E-state index in [-0.39, 0.29) is 6.61 Å². The monoisotopic (exact) mass is 268 g/mol. The highest BCUT2D eigenvalue weighted by molar-refractivity contribution is 5.96. The Morgan fingerprint density at radius 1 is 1.42 bits per heavy atom. The molecule has 19 heavy (non-hydrogen) atoms. The van der Waals surface area contributed by atoms with Crippen LogP contribution in [-0.4, -0.2) is 51.6 Å². The second-order valence-electron chi connectivity index (χ2n) is 4.02. The Bertz CT molecular complexity index is 423. The Hall–Kier alpha value is -1.79. The van der Waals surface area contributed by atoms with E-state index in [2.05, 4.69) is 4.74 Å². The van der Waals surface area contributed by atoms with Crippen LogP contribution >= 0.6 is 0 Å². The quantitative estimate of drug-likeness (QED) is 0.425. The van der Waals surface area contributed by atoms with Gasteiger partial charge in [-0.3, -0.25) is 0 Å². The highest BCUT2D eigenvalue weighted by atomic mass is 16.5. The Labute approximate surface area is 112 Å². The molecule has 0 heterocycles. The van der Waals surface area contributed by atoms with Crippen molar-refractivity contribution in [2.75, 3.05) is 51.2 Å². The average Bonchev–Trinajstić information content (AvgIpc) is 2.43. The maximum absolute atomic E-state index is 11.5. The minimum absolute atomic E-state index is 0.0120. The first-order valence-electron chi connectivity index (χ1n) is 5.97. The number of esters is 1. The molecule has 3 N–H and O–H groups in total. The van der Waals surface area contributed by atoms with Crippen LogP contribution in [0.5, 0.6) is 0 Å². The predicted molar refractivity (Wildman–Crippen MR) is 73.4 cm³/mol. The number of carbonyl (C=O) groups excluding carboxylic acids is 1. The van der Waals surface area contributed by atoms with Crippen LogP contribution in [0.25, 0.3) is 0 Å². The van der Waals surface area contributed by atoms with Gasteiger partial charge < -0.3 is 25.2 Å². The summed E-state index contributed by atoms with van der Waals surface area (Å²) in [5, 5.41) is 8.60. The molecule has 0 saturated heterocycles. The minimum atomic E-state index is -0.454. The third-order valence-electron chi connectivity index (χ3n) is 2.69. The van der Waals surface area contributed by atoms with Gasteiger partial charge in [-0.2, -0.15) is 0 Å². The minimum Gasteiger partial charge on any atom is -0.465 e. The summed E-state index contributed by atoms with van der Waals surface area (Å²) in [6.07, 6.45) is 0. The van der Waals surface area contributed by atoms with Gasteiger partial charge in [-0.05, 0) is 18.2 Å². The van der Waals surface area contributed by atoms with Crippen LogP contribution in [0.3, 0.4) is 0 Å². The maximum atomic E-state index is 11.5. The van der Waals surface area contributed by atoms with Gasteiger partial charge in [0.1, 0.15) is 0 Å². The first kappa shape index (κ1) is 15.3. The fourth-order valence-corrected chi connectivity index (χ4v) is 1.57. The summed E-state index contributed by atoms with van der Waals surface area (Å²) < 4.78 is 9.86. The number of aliphatic hydroxyl groups is 1. The lowest BCUT2D eigenvalue weighted by Crippen LogP contribution is -2.23. The van der Waals surface area contributed by atoms with E-state index in [9.17, 15) is 4.79 Å². The average molecular weight is 268 g/mol. The fraction of sp³-hybridized carbons (Fsp3) is 0.462. The summed E-state index contributed by atoms with van der Waals surface area (Å²) in [7, 11) is 3.20. The number of nitrogens with two attached hydrogens (primary N) is 1. The van der Waals surface area contributed by atoms with Crippen LogP contribution in [0, 0.1) is 0 Å². The Morgan fingerprint density at radius 3 is 2.79 bits per heavy atom. The van der Waals surface area contributed by atoms with E-state index in [1.54, 1.807) is 12.1 Å². The molecule has 106 valence electrons. The van der Waals surface area contributed by atoms with Gasteiger partial charge >= 0.3 is 5.97 Å². The van der Waals surface area contributed by atoms with Crippen molar-refractivity contribution >= 4 is 17.3 Å². The van der Waals surface area contributed by atoms with Crippen LogP contribution in [-0.2, 0) is 9.47 Å². The summed E-state index contributed by atoms with van der Waals surface area (Å²) >= 11 is 0. The van der Waals surface area contributed by atoms with E-state index < -0.39 is 5.97 Å².